The molecule has 1 heterocycles. The van der Waals surface area contributed by atoms with Gasteiger partial charge in [0, 0.05) is 6.61 Å². The van der Waals surface area contributed by atoms with Gasteiger partial charge in [0.05, 0.1) is 12.2 Å². The molecule has 0 radical (unpaired) electrons. The first kappa shape index (κ1) is 15.7. The zero-order chi connectivity index (χ0) is 14.5. The Hall–Kier alpha value is -1.33. The largest absolute Gasteiger partial charge is 0.444 e. The molecule has 0 unspecified atom stereocenters. The number of rotatable bonds is 4. The summed E-state index contributed by atoms with van der Waals surface area (Å²) in [4.78, 5) is 15.7. The Morgan fingerprint density at radius 2 is 2.16 bits per heavy atom. The Kier molecular flexibility index (Phi) is 5.57. The normalized spacial score (nSPS) is 11.2. The van der Waals surface area contributed by atoms with Gasteiger partial charge < -0.3 is 15.2 Å². The molecule has 0 fully saturated rings. The van der Waals surface area contributed by atoms with Gasteiger partial charge in [0.2, 0.25) is 0 Å². The van der Waals surface area contributed by atoms with Crippen molar-refractivity contribution in [3.05, 3.63) is 28.5 Å². The fraction of sp³-hybridized carbons (Fsp3) is 0.538. The van der Waals surface area contributed by atoms with Crippen LogP contribution in [-0.4, -0.2) is 28.4 Å². The molecule has 106 valence electrons. The number of nitrogens with zero attached hydrogens (tertiary/aromatic N) is 1. The molecule has 19 heavy (non-hydrogen) atoms. The highest BCUT2D eigenvalue weighted by molar-refractivity contribution is 6.29. The predicted octanol–water partition coefficient (Wildman–Crippen LogP) is 2.29. The Labute approximate surface area is 117 Å². The second-order valence-electron chi connectivity index (χ2n) is 5.07. The monoisotopic (exact) mass is 286 g/mol. The van der Waals surface area contributed by atoms with Gasteiger partial charge in [-0.1, -0.05) is 17.7 Å². The summed E-state index contributed by atoms with van der Waals surface area (Å²) in [6.45, 7) is 5.61. The molecule has 0 aliphatic rings. The van der Waals surface area contributed by atoms with Crippen LogP contribution in [0.4, 0.5) is 4.79 Å². The van der Waals surface area contributed by atoms with Crippen molar-refractivity contribution in [2.24, 2.45) is 0 Å². The lowest BCUT2D eigenvalue weighted by Crippen LogP contribution is -2.32. The minimum absolute atomic E-state index is 0.0166. The van der Waals surface area contributed by atoms with E-state index in [1.807, 2.05) is 0 Å². The molecule has 0 aromatic carbocycles. The zero-order valence-corrected chi connectivity index (χ0v) is 12.1. The SMILES string of the molecule is CC(C)(C)OC(=O)NCc1nc(Cl)ccc1CCO. The van der Waals surface area contributed by atoms with Crippen molar-refractivity contribution in [3.63, 3.8) is 0 Å². The van der Waals surface area contributed by atoms with Crippen LogP contribution in [0.2, 0.25) is 5.15 Å². The van der Waals surface area contributed by atoms with E-state index in [0.29, 0.717) is 17.3 Å². The minimum Gasteiger partial charge on any atom is -0.444 e. The molecule has 0 saturated heterocycles. The van der Waals surface area contributed by atoms with Gasteiger partial charge in [-0.2, -0.15) is 0 Å². The van der Waals surface area contributed by atoms with Crippen molar-refractivity contribution in [3.8, 4) is 0 Å². The zero-order valence-electron chi connectivity index (χ0n) is 11.4. The first-order valence-corrected chi connectivity index (χ1v) is 6.41. The number of ether oxygens (including phenoxy) is 1. The third kappa shape index (κ3) is 5.89. The molecule has 6 heteroatoms. The highest BCUT2D eigenvalue weighted by Gasteiger charge is 2.16. The Balaban J connectivity index is 2.66. The van der Waals surface area contributed by atoms with Gasteiger partial charge in [0.1, 0.15) is 10.8 Å². The van der Waals surface area contributed by atoms with E-state index in [9.17, 15) is 4.79 Å². The van der Waals surface area contributed by atoms with Crippen molar-refractivity contribution < 1.29 is 14.6 Å². The van der Waals surface area contributed by atoms with Crippen LogP contribution < -0.4 is 5.32 Å². The van der Waals surface area contributed by atoms with E-state index in [2.05, 4.69) is 10.3 Å². The number of carbonyl (C=O) groups is 1. The maximum Gasteiger partial charge on any atom is 0.407 e. The van der Waals surface area contributed by atoms with Gasteiger partial charge in [-0.05, 0) is 38.8 Å². The van der Waals surface area contributed by atoms with Crippen LogP contribution in [0.3, 0.4) is 0 Å². The van der Waals surface area contributed by atoms with Crippen LogP contribution in [-0.2, 0) is 17.7 Å². The van der Waals surface area contributed by atoms with E-state index < -0.39 is 11.7 Å². The molecule has 2 N–H and O–H groups in total. The molecule has 5 nitrogen and oxygen atoms in total. The van der Waals surface area contributed by atoms with Gasteiger partial charge in [-0.15, -0.1) is 0 Å². The Morgan fingerprint density at radius 1 is 1.47 bits per heavy atom. The number of halogens is 1. The molecule has 1 aromatic rings. The molecule has 0 aliphatic carbocycles. The fourth-order valence-corrected chi connectivity index (χ4v) is 1.64. The van der Waals surface area contributed by atoms with E-state index in [1.54, 1.807) is 32.9 Å². The van der Waals surface area contributed by atoms with Crippen LogP contribution >= 0.6 is 11.6 Å². The summed E-state index contributed by atoms with van der Waals surface area (Å²) in [6, 6.07) is 3.45. The Bertz CT molecular complexity index is 444. The van der Waals surface area contributed by atoms with Gasteiger partial charge in [0.15, 0.2) is 0 Å². The molecular weight excluding hydrogens is 268 g/mol. The van der Waals surface area contributed by atoms with Crippen LogP contribution in [0.15, 0.2) is 12.1 Å². The summed E-state index contributed by atoms with van der Waals surface area (Å²) in [6.07, 6.45) is -0.0422. The number of pyridine rings is 1. The smallest absolute Gasteiger partial charge is 0.407 e. The maximum absolute atomic E-state index is 11.5. The highest BCUT2D eigenvalue weighted by atomic mass is 35.5. The fourth-order valence-electron chi connectivity index (χ4n) is 1.47. The van der Waals surface area contributed by atoms with Crippen molar-refractivity contribution in [1.82, 2.24) is 10.3 Å². The lowest BCUT2D eigenvalue weighted by molar-refractivity contribution is 0.0523. The average molecular weight is 287 g/mol. The summed E-state index contributed by atoms with van der Waals surface area (Å²) in [5, 5.41) is 11.9. The van der Waals surface area contributed by atoms with Crippen molar-refractivity contribution in [2.45, 2.75) is 39.3 Å². The maximum atomic E-state index is 11.5. The van der Waals surface area contributed by atoms with Crippen LogP contribution in [0.25, 0.3) is 0 Å². The van der Waals surface area contributed by atoms with E-state index in [-0.39, 0.29) is 13.2 Å². The molecule has 0 spiro atoms. The van der Waals surface area contributed by atoms with Crippen LogP contribution in [0.5, 0.6) is 0 Å². The van der Waals surface area contributed by atoms with E-state index >= 15 is 0 Å². The average Bonchev–Trinajstić information content (AvgIpc) is 2.27. The van der Waals surface area contributed by atoms with Gasteiger partial charge in [-0.25, -0.2) is 9.78 Å². The van der Waals surface area contributed by atoms with Gasteiger partial charge in [-0.3, -0.25) is 0 Å². The minimum atomic E-state index is -0.542. The number of hydrogen-bond acceptors (Lipinski definition) is 4. The number of aliphatic hydroxyl groups excluding tert-OH is 1. The van der Waals surface area contributed by atoms with Crippen LogP contribution in [0, 0.1) is 0 Å². The number of hydrogen-bond donors (Lipinski definition) is 2. The second kappa shape index (κ2) is 6.73. The molecule has 1 aromatic heterocycles. The summed E-state index contributed by atoms with van der Waals surface area (Å²) in [5.74, 6) is 0. The summed E-state index contributed by atoms with van der Waals surface area (Å²) >= 11 is 5.82. The summed E-state index contributed by atoms with van der Waals surface area (Å²) in [7, 11) is 0. The van der Waals surface area contributed by atoms with Crippen molar-refractivity contribution >= 4 is 17.7 Å². The number of carbonyl (C=O) groups excluding carboxylic acids is 1. The lowest BCUT2D eigenvalue weighted by atomic mass is 10.1. The third-order valence-corrected chi connectivity index (χ3v) is 2.43. The van der Waals surface area contributed by atoms with Crippen LogP contribution in [0.1, 0.15) is 32.0 Å². The molecule has 0 bridgehead atoms. The van der Waals surface area contributed by atoms with Crippen molar-refractivity contribution in [2.75, 3.05) is 6.61 Å². The van der Waals surface area contributed by atoms with E-state index in [0.717, 1.165) is 5.56 Å². The molecule has 0 aliphatic heterocycles. The quantitative estimate of drug-likeness (QED) is 0.833. The third-order valence-electron chi connectivity index (χ3n) is 2.21. The summed E-state index contributed by atoms with van der Waals surface area (Å²) in [5.41, 5.74) is 0.940. The number of alkyl carbamates (subject to hydrolysis) is 1. The molecule has 1 rings (SSSR count). The van der Waals surface area contributed by atoms with E-state index in [4.69, 9.17) is 21.4 Å². The van der Waals surface area contributed by atoms with Gasteiger partial charge >= 0.3 is 6.09 Å². The first-order chi connectivity index (χ1) is 8.81. The topological polar surface area (TPSA) is 71.5 Å². The molecule has 0 atom stereocenters. The lowest BCUT2D eigenvalue weighted by Gasteiger charge is -2.19. The highest BCUT2D eigenvalue weighted by Crippen LogP contribution is 2.13. The number of aliphatic hydroxyl groups is 1. The first-order valence-electron chi connectivity index (χ1n) is 6.04. The molecule has 1 amide bonds. The van der Waals surface area contributed by atoms with Crippen molar-refractivity contribution in [1.29, 1.82) is 0 Å². The number of nitrogens with one attached hydrogen (secondary N) is 1. The van der Waals surface area contributed by atoms with Gasteiger partial charge in [0.25, 0.3) is 0 Å². The second-order valence-corrected chi connectivity index (χ2v) is 5.46. The molecule has 0 saturated carbocycles. The van der Waals surface area contributed by atoms with E-state index in [1.165, 1.54) is 0 Å². The Morgan fingerprint density at radius 3 is 2.74 bits per heavy atom. The number of aromatic nitrogens is 1. The number of amides is 1. The summed E-state index contributed by atoms with van der Waals surface area (Å²) < 4.78 is 5.13. The molecular formula is C13H19ClN2O3. The predicted molar refractivity (Wildman–Crippen MR) is 73.1 cm³/mol. The standard InChI is InChI=1S/C13H19ClN2O3/c1-13(2,3)19-12(18)15-8-10-9(6-7-17)4-5-11(14)16-10/h4-5,17H,6-8H2,1-3H3,(H,15,18).